The molecule has 0 atom stereocenters. The van der Waals surface area contributed by atoms with Crippen molar-refractivity contribution in [2.75, 3.05) is 19.0 Å². The van der Waals surface area contributed by atoms with Crippen LogP contribution in [0.3, 0.4) is 0 Å². The van der Waals surface area contributed by atoms with Crippen LogP contribution in [0.25, 0.3) is 28.1 Å². The van der Waals surface area contributed by atoms with E-state index < -0.39 is 41.5 Å². The molecule has 38 heavy (non-hydrogen) atoms. The maximum atomic E-state index is 13.9. The number of hydrogen-bond acceptors (Lipinski definition) is 6. The van der Waals surface area contributed by atoms with Crippen LogP contribution in [0.15, 0.2) is 58.4 Å². The van der Waals surface area contributed by atoms with Gasteiger partial charge in [-0.1, -0.05) is 11.6 Å². The number of alkyl halides is 3. The van der Waals surface area contributed by atoms with Gasteiger partial charge in [0.25, 0.3) is 5.56 Å². The van der Waals surface area contributed by atoms with Gasteiger partial charge >= 0.3 is 11.9 Å². The summed E-state index contributed by atoms with van der Waals surface area (Å²) in [5, 5.41) is 1.44. The second kappa shape index (κ2) is 9.13. The second-order valence-electron chi connectivity index (χ2n) is 7.93. The van der Waals surface area contributed by atoms with Gasteiger partial charge in [0.1, 0.15) is 40.8 Å². The molecule has 0 spiro atoms. The number of methoxy groups -OCH3 is 1. The van der Waals surface area contributed by atoms with Crippen molar-refractivity contribution >= 4 is 34.0 Å². The summed E-state index contributed by atoms with van der Waals surface area (Å²) in [4.78, 5) is 35.5. The number of rotatable bonds is 5. The highest BCUT2D eigenvalue weighted by molar-refractivity contribution is 6.30. The largest absolute Gasteiger partial charge is 0.480 e. The van der Waals surface area contributed by atoms with E-state index in [9.17, 15) is 31.5 Å². The Morgan fingerprint density at radius 3 is 2.53 bits per heavy atom. The van der Waals surface area contributed by atoms with Crippen molar-refractivity contribution in [3.05, 3.63) is 86.3 Å². The molecule has 9 nitrogen and oxygen atoms in total. The summed E-state index contributed by atoms with van der Waals surface area (Å²) in [5.74, 6) is -2.23. The van der Waals surface area contributed by atoms with E-state index in [0.29, 0.717) is 4.57 Å². The fourth-order valence-corrected chi connectivity index (χ4v) is 4.08. The molecule has 1 aromatic carbocycles. The van der Waals surface area contributed by atoms with Crippen LogP contribution < -0.4 is 21.3 Å². The summed E-state index contributed by atoms with van der Waals surface area (Å²) in [7, 11) is 1.14. The number of aromatic nitrogens is 5. The molecule has 0 radical (unpaired) electrons. The molecule has 0 saturated carbocycles. The van der Waals surface area contributed by atoms with E-state index in [-0.39, 0.29) is 38.9 Å². The standard InChI is InChI=1S/C23H14ClF5N6O3/c1-38-20-19-15(8-16(32-20)31-10-23(27,28)29)34(12-2-3-14(26)13(24)7-12)22(37)35(21(19)36)18-9-30-17-6-11(25)4-5-33(17)18/h2-9H,10H2,1H3,(H,31,32). The van der Waals surface area contributed by atoms with Gasteiger partial charge < -0.3 is 10.1 Å². The molecule has 0 amide bonds. The smallest absolute Gasteiger partial charge is 0.405 e. The van der Waals surface area contributed by atoms with Gasteiger partial charge in [0, 0.05) is 18.3 Å². The van der Waals surface area contributed by atoms with Crippen LogP contribution >= 0.6 is 11.6 Å². The topological polar surface area (TPSA) is 95.4 Å². The zero-order valence-corrected chi connectivity index (χ0v) is 19.8. The van der Waals surface area contributed by atoms with Crippen molar-refractivity contribution in [2.45, 2.75) is 6.18 Å². The Bertz CT molecular complexity index is 1850. The molecular formula is C23H14ClF5N6O3. The van der Waals surface area contributed by atoms with Gasteiger partial charge in [0.05, 0.1) is 29.5 Å². The summed E-state index contributed by atoms with van der Waals surface area (Å²) < 4.78 is 74.3. The normalized spacial score (nSPS) is 11.9. The van der Waals surface area contributed by atoms with Gasteiger partial charge in [-0.3, -0.25) is 13.8 Å². The van der Waals surface area contributed by atoms with Crippen molar-refractivity contribution in [3.63, 3.8) is 0 Å². The minimum atomic E-state index is -4.60. The fourth-order valence-electron chi connectivity index (χ4n) is 3.90. The van der Waals surface area contributed by atoms with Crippen molar-refractivity contribution in [1.29, 1.82) is 0 Å². The van der Waals surface area contributed by atoms with Crippen LogP contribution in [-0.4, -0.2) is 43.3 Å². The first-order valence-electron chi connectivity index (χ1n) is 10.6. The number of halogens is 6. The summed E-state index contributed by atoms with van der Waals surface area (Å²) in [6.07, 6.45) is -2.19. The van der Waals surface area contributed by atoms with Gasteiger partial charge in [0.15, 0.2) is 0 Å². The molecule has 15 heteroatoms. The summed E-state index contributed by atoms with van der Waals surface area (Å²) in [6.45, 7) is -1.46. The van der Waals surface area contributed by atoms with Crippen LogP contribution in [0.5, 0.6) is 5.88 Å². The SMILES string of the molecule is COc1nc(NCC(F)(F)F)cc2c1c(=O)n(-c1cnc3cc(F)ccn13)c(=O)n2-c1ccc(F)c(Cl)c1. The first kappa shape index (κ1) is 25.2. The van der Waals surface area contributed by atoms with E-state index in [1.54, 1.807) is 0 Å². The summed E-state index contributed by atoms with van der Waals surface area (Å²) in [6, 6.07) is 6.49. The van der Waals surface area contributed by atoms with Gasteiger partial charge in [-0.25, -0.2) is 23.1 Å². The molecule has 0 bridgehead atoms. The molecule has 0 aliphatic carbocycles. The van der Waals surface area contributed by atoms with Crippen LogP contribution in [0.2, 0.25) is 5.02 Å². The minimum Gasteiger partial charge on any atom is -0.480 e. The lowest BCUT2D eigenvalue weighted by Crippen LogP contribution is -2.39. The van der Waals surface area contributed by atoms with Gasteiger partial charge in [0.2, 0.25) is 5.88 Å². The number of nitrogens with one attached hydrogen (secondary N) is 1. The van der Waals surface area contributed by atoms with Crippen molar-refractivity contribution in [2.24, 2.45) is 0 Å². The van der Waals surface area contributed by atoms with E-state index in [1.165, 1.54) is 16.7 Å². The zero-order valence-electron chi connectivity index (χ0n) is 19.1. The number of imidazole rings is 1. The lowest BCUT2D eigenvalue weighted by molar-refractivity contribution is -0.115. The van der Waals surface area contributed by atoms with Crippen LogP contribution in [-0.2, 0) is 0 Å². The predicted molar refractivity (Wildman–Crippen MR) is 128 cm³/mol. The van der Waals surface area contributed by atoms with Crippen LogP contribution in [0, 0.1) is 11.6 Å². The number of pyridine rings is 2. The third-order valence-electron chi connectivity index (χ3n) is 5.52. The Kier molecular flexibility index (Phi) is 6.06. The molecule has 196 valence electrons. The third kappa shape index (κ3) is 4.32. The van der Waals surface area contributed by atoms with E-state index >= 15 is 0 Å². The van der Waals surface area contributed by atoms with E-state index in [4.69, 9.17) is 16.3 Å². The Balaban J connectivity index is 1.90. The molecule has 5 rings (SSSR count). The Morgan fingerprint density at radius 1 is 1.08 bits per heavy atom. The average Bonchev–Trinajstić information content (AvgIpc) is 3.26. The van der Waals surface area contributed by atoms with Gasteiger partial charge in [-0.05, 0) is 24.3 Å². The summed E-state index contributed by atoms with van der Waals surface area (Å²) >= 11 is 5.94. The van der Waals surface area contributed by atoms with E-state index in [2.05, 4.69) is 15.3 Å². The number of ether oxygens (including phenoxy) is 1. The first-order chi connectivity index (χ1) is 18.0. The third-order valence-corrected chi connectivity index (χ3v) is 5.81. The van der Waals surface area contributed by atoms with Crippen molar-refractivity contribution in [1.82, 2.24) is 23.5 Å². The average molecular weight is 553 g/mol. The molecule has 0 aliphatic heterocycles. The quantitative estimate of drug-likeness (QED) is 0.330. The Morgan fingerprint density at radius 2 is 1.84 bits per heavy atom. The molecule has 1 N–H and O–H groups in total. The number of nitrogens with zero attached hydrogens (tertiary/aromatic N) is 5. The highest BCUT2D eigenvalue weighted by atomic mass is 35.5. The molecule has 0 saturated heterocycles. The monoisotopic (exact) mass is 552 g/mol. The zero-order chi connectivity index (χ0) is 27.4. The second-order valence-corrected chi connectivity index (χ2v) is 8.33. The van der Waals surface area contributed by atoms with Crippen molar-refractivity contribution < 1.29 is 26.7 Å². The molecule has 0 aliphatic rings. The van der Waals surface area contributed by atoms with Crippen LogP contribution in [0.1, 0.15) is 0 Å². The highest BCUT2D eigenvalue weighted by Crippen LogP contribution is 2.28. The molecule has 0 fully saturated rings. The molecule has 5 aromatic rings. The Hall–Kier alpha value is -4.46. The minimum absolute atomic E-state index is 0.0185. The summed E-state index contributed by atoms with van der Waals surface area (Å²) in [5.41, 5.74) is -2.09. The molecule has 4 heterocycles. The van der Waals surface area contributed by atoms with Crippen LogP contribution in [0.4, 0.5) is 27.8 Å². The molecular weight excluding hydrogens is 539 g/mol. The number of anilines is 1. The maximum absolute atomic E-state index is 13.9. The first-order valence-corrected chi connectivity index (χ1v) is 11.0. The molecule has 0 unspecified atom stereocenters. The molecule has 4 aromatic heterocycles. The number of benzene rings is 1. The lowest BCUT2D eigenvalue weighted by atomic mass is 10.2. The highest BCUT2D eigenvalue weighted by Gasteiger charge is 2.28. The number of fused-ring (bicyclic) bond motifs is 2. The predicted octanol–water partition coefficient (Wildman–Crippen LogP) is 4.10. The van der Waals surface area contributed by atoms with Crippen molar-refractivity contribution in [3.8, 4) is 17.4 Å². The van der Waals surface area contributed by atoms with Gasteiger partial charge in [-0.15, -0.1) is 0 Å². The van der Waals surface area contributed by atoms with Gasteiger partial charge in [-0.2, -0.15) is 18.2 Å². The van der Waals surface area contributed by atoms with E-state index in [1.807, 2.05) is 0 Å². The fraction of sp³-hybridized carbons (Fsp3) is 0.130. The lowest BCUT2D eigenvalue weighted by Gasteiger charge is -2.17. The Labute approximate surface area is 213 Å². The maximum Gasteiger partial charge on any atom is 0.405 e. The van der Waals surface area contributed by atoms with E-state index in [0.717, 1.165) is 48.2 Å². The number of hydrogen-bond donors (Lipinski definition) is 1.